The molecule has 104 valence electrons. The lowest BCUT2D eigenvalue weighted by Crippen LogP contribution is -2.33. The molecule has 0 aromatic carbocycles. The molecule has 1 N–H and O–H groups in total. The minimum atomic E-state index is 0.528. The molecular weight excluding hydrogens is 234 g/mol. The Balaban J connectivity index is 1.67. The van der Waals surface area contributed by atoms with E-state index >= 15 is 0 Å². The first-order chi connectivity index (χ1) is 9.22. The van der Waals surface area contributed by atoms with Gasteiger partial charge in [0.05, 0.1) is 5.69 Å². The lowest BCUT2D eigenvalue weighted by Gasteiger charge is -2.28. The second kappa shape index (κ2) is 5.49. The fourth-order valence-electron chi connectivity index (χ4n) is 2.41. The molecule has 0 saturated heterocycles. The highest BCUT2D eigenvalue weighted by Crippen LogP contribution is 2.31. The highest BCUT2D eigenvalue weighted by Gasteiger charge is 2.26. The second-order valence-electron chi connectivity index (χ2n) is 6.33. The van der Waals surface area contributed by atoms with Crippen LogP contribution in [0.15, 0.2) is 18.2 Å². The average Bonchev–Trinajstić information content (AvgIpc) is 3.27. The Morgan fingerprint density at radius 2 is 2.05 bits per heavy atom. The van der Waals surface area contributed by atoms with E-state index in [9.17, 15) is 0 Å². The van der Waals surface area contributed by atoms with Gasteiger partial charge in [0.25, 0.3) is 0 Å². The van der Waals surface area contributed by atoms with Gasteiger partial charge < -0.3 is 10.2 Å². The molecule has 3 nitrogen and oxygen atoms in total. The first-order valence-electron chi connectivity index (χ1n) is 7.68. The summed E-state index contributed by atoms with van der Waals surface area (Å²) >= 11 is 0. The van der Waals surface area contributed by atoms with Crippen LogP contribution in [0.25, 0.3) is 0 Å². The monoisotopic (exact) mass is 259 g/mol. The van der Waals surface area contributed by atoms with Crippen LogP contribution in [0.1, 0.15) is 45.2 Å². The zero-order valence-corrected chi connectivity index (χ0v) is 12.1. The maximum atomic E-state index is 4.84. The first kappa shape index (κ1) is 12.9. The normalized spacial score (nSPS) is 18.9. The molecule has 3 rings (SSSR count). The molecule has 0 spiro atoms. The van der Waals surface area contributed by atoms with Crippen molar-refractivity contribution in [2.75, 3.05) is 11.4 Å². The van der Waals surface area contributed by atoms with Crippen molar-refractivity contribution in [3.63, 3.8) is 0 Å². The highest BCUT2D eigenvalue weighted by molar-refractivity contribution is 5.40. The third-order valence-corrected chi connectivity index (χ3v) is 4.01. The number of aromatic nitrogens is 1. The van der Waals surface area contributed by atoms with Gasteiger partial charge in [-0.2, -0.15) is 0 Å². The van der Waals surface area contributed by atoms with E-state index in [2.05, 4.69) is 42.3 Å². The van der Waals surface area contributed by atoms with Crippen molar-refractivity contribution >= 4 is 5.82 Å². The molecule has 0 aliphatic heterocycles. The van der Waals surface area contributed by atoms with Crippen LogP contribution in [0.4, 0.5) is 5.82 Å². The van der Waals surface area contributed by atoms with Crippen molar-refractivity contribution in [1.82, 2.24) is 10.3 Å². The minimum absolute atomic E-state index is 0.528. The van der Waals surface area contributed by atoms with Crippen molar-refractivity contribution in [1.29, 1.82) is 0 Å². The van der Waals surface area contributed by atoms with E-state index in [1.165, 1.54) is 37.9 Å². The predicted molar refractivity (Wildman–Crippen MR) is 79.3 cm³/mol. The topological polar surface area (TPSA) is 28.2 Å². The summed E-state index contributed by atoms with van der Waals surface area (Å²) in [6.07, 6.45) is 5.46. The molecular formula is C16H25N3. The Hall–Kier alpha value is -1.09. The quantitative estimate of drug-likeness (QED) is 0.816. The van der Waals surface area contributed by atoms with E-state index in [1.807, 2.05) is 0 Å². The molecule has 0 amide bonds. The predicted octanol–water partition coefficient (Wildman–Crippen LogP) is 2.96. The zero-order chi connectivity index (χ0) is 13.2. The molecule has 0 bridgehead atoms. The molecule has 2 aliphatic carbocycles. The van der Waals surface area contributed by atoms with Crippen LogP contribution in [-0.4, -0.2) is 23.6 Å². The Kier molecular flexibility index (Phi) is 3.74. The molecule has 2 saturated carbocycles. The second-order valence-corrected chi connectivity index (χ2v) is 6.33. The van der Waals surface area contributed by atoms with E-state index in [4.69, 9.17) is 4.98 Å². The fourth-order valence-corrected chi connectivity index (χ4v) is 2.41. The molecule has 2 fully saturated rings. The summed E-state index contributed by atoms with van der Waals surface area (Å²) in [6, 6.07) is 7.71. The van der Waals surface area contributed by atoms with Gasteiger partial charge in [0.1, 0.15) is 5.82 Å². The highest BCUT2D eigenvalue weighted by atomic mass is 15.2. The Morgan fingerprint density at radius 3 is 2.68 bits per heavy atom. The molecule has 1 aromatic rings. The van der Waals surface area contributed by atoms with Gasteiger partial charge in [-0.05, 0) is 57.6 Å². The van der Waals surface area contributed by atoms with Crippen LogP contribution in [0.3, 0.4) is 0 Å². The summed E-state index contributed by atoms with van der Waals surface area (Å²) in [4.78, 5) is 7.29. The molecule has 1 heterocycles. The van der Waals surface area contributed by atoms with Crippen molar-refractivity contribution in [2.45, 2.75) is 58.2 Å². The van der Waals surface area contributed by atoms with Crippen LogP contribution >= 0.6 is 0 Å². The standard InChI is InChI=1S/C16H25N3/c1-12(2)19(11-13-6-7-13)16-5-3-4-15(18-16)10-17-14-8-9-14/h3-5,12-14,17H,6-11H2,1-2H3. The number of hydrogen-bond donors (Lipinski definition) is 1. The zero-order valence-electron chi connectivity index (χ0n) is 12.1. The van der Waals surface area contributed by atoms with Gasteiger partial charge in [-0.3, -0.25) is 0 Å². The first-order valence-corrected chi connectivity index (χ1v) is 7.68. The molecule has 2 aliphatic rings. The number of pyridine rings is 1. The van der Waals surface area contributed by atoms with Gasteiger partial charge in [0.15, 0.2) is 0 Å². The van der Waals surface area contributed by atoms with Crippen LogP contribution in [0.2, 0.25) is 0 Å². The minimum Gasteiger partial charge on any atom is -0.354 e. The molecule has 1 aromatic heterocycles. The SMILES string of the molecule is CC(C)N(CC1CC1)c1cccc(CNC2CC2)n1. The third kappa shape index (κ3) is 3.69. The van der Waals surface area contributed by atoms with E-state index < -0.39 is 0 Å². The molecule has 0 unspecified atom stereocenters. The summed E-state index contributed by atoms with van der Waals surface area (Å²) in [7, 11) is 0. The van der Waals surface area contributed by atoms with Gasteiger partial charge in [-0.15, -0.1) is 0 Å². The van der Waals surface area contributed by atoms with Crippen molar-refractivity contribution in [3.05, 3.63) is 23.9 Å². The largest absolute Gasteiger partial charge is 0.354 e. The lowest BCUT2D eigenvalue weighted by atomic mass is 10.2. The Bertz CT molecular complexity index is 422. The molecule has 0 radical (unpaired) electrons. The molecule has 0 atom stereocenters. The summed E-state index contributed by atoms with van der Waals surface area (Å²) in [5.41, 5.74) is 1.17. The number of hydrogen-bond acceptors (Lipinski definition) is 3. The van der Waals surface area contributed by atoms with Gasteiger partial charge in [0, 0.05) is 25.2 Å². The van der Waals surface area contributed by atoms with E-state index in [1.54, 1.807) is 0 Å². The van der Waals surface area contributed by atoms with E-state index in [0.29, 0.717) is 6.04 Å². The van der Waals surface area contributed by atoms with Crippen molar-refractivity contribution < 1.29 is 0 Å². The van der Waals surface area contributed by atoms with Crippen LogP contribution < -0.4 is 10.2 Å². The maximum Gasteiger partial charge on any atom is 0.129 e. The maximum absolute atomic E-state index is 4.84. The average molecular weight is 259 g/mol. The van der Waals surface area contributed by atoms with Crippen LogP contribution in [-0.2, 0) is 6.54 Å². The van der Waals surface area contributed by atoms with Crippen LogP contribution in [0, 0.1) is 5.92 Å². The summed E-state index contributed by atoms with van der Waals surface area (Å²) in [5.74, 6) is 2.05. The Labute approximate surface area is 116 Å². The van der Waals surface area contributed by atoms with E-state index in [0.717, 1.165) is 24.3 Å². The van der Waals surface area contributed by atoms with Crippen molar-refractivity contribution in [2.24, 2.45) is 5.92 Å². The molecule has 19 heavy (non-hydrogen) atoms. The number of nitrogens with zero attached hydrogens (tertiary/aromatic N) is 2. The van der Waals surface area contributed by atoms with Gasteiger partial charge in [-0.1, -0.05) is 6.07 Å². The summed E-state index contributed by atoms with van der Waals surface area (Å²) < 4.78 is 0. The van der Waals surface area contributed by atoms with Gasteiger partial charge in [0.2, 0.25) is 0 Å². The van der Waals surface area contributed by atoms with Gasteiger partial charge in [-0.25, -0.2) is 4.98 Å². The third-order valence-electron chi connectivity index (χ3n) is 4.01. The number of anilines is 1. The van der Waals surface area contributed by atoms with E-state index in [-0.39, 0.29) is 0 Å². The fraction of sp³-hybridized carbons (Fsp3) is 0.688. The summed E-state index contributed by atoms with van der Waals surface area (Å²) in [6.45, 7) is 6.61. The molecule has 3 heteroatoms. The lowest BCUT2D eigenvalue weighted by molar-refractivity contribution is 0.629. The van der Waals surface area contributed by atoms with Crippen molar-refractivity contribution in [3.8, 4) is 0 Å². The Morgan fingerprint density at radius 1 is 1.26 bits per heavy atom. The van der Waals surface area contributed by atoms with Gasteiger partial charge >= 0.3 is 0 Å². The summed E-state index contributed by atoms with van der Waals surface area (Å²) in [5, 5.41) is 3.54. The van der Waals surface area contributed by atoms with Crippen LogP contribution in [0.5, 0.6) is 0 Å². The smallest absolute Gasteiger partial charge is 0.129 e. The number of nitrogens with one attached hydrogen (secondary N) is 1. The number of rotatable bonds is 7.